The molecule has 6 nitrogen and oxygen atoms in total. The minimum atomic E-state index is -0.853. The van der Waals surface area contributed by atoms with Gasteiger partial charge in [0.2, 0.25) is 0 Å². The van der Waals surface area contributed by atoms with Crippen LogP contribution in [0.1, 0.15) is 33.1 Å². The van der Waals surface area contributed by atoms with E-state index in [0.717, 1.165) is 0 Å². The predicted molar refractivity (Wildman–Crippen MR) is 57.5 cm³/mol. The topological polar surface area (TPSA) is 99.3 Å². The van der Waals surface area contributed by atoms with Crippen molar-refractivity contribution in [3.8, 4) is 0 Å². The highest BCUT2D eigenvalue weighted by Gasteiger charge is 2.26. The number of azo groups is 1. The van der Waals surface area contributed by atoms with Crippen molar-refractivity contribution in [2.24, 2.45) is 15.6 Å². The maximum Gasteiger partial charge on any atom is 0.309 e. The molecular formula is C10H18N2O4. The molecule has 0 radical (unpaired) electrons. The van der Waals surface area contributed by atoms with Crippen molar-refractivity contribution < 1.29 is 19.8 Å². The minimum Gasteiger partial charge on any atom is -0.481 e. The maximum absolute atomic E-state index is 10.7. The SMILES string of the molecule is CC(C)(CCN=NCCCC(=O)O)C(=O)O. The van der Waals surface area contributed by atoms with Crippen LogP contribution in [0.3, 0.4) is 0 Å². The Morgan fingerprint density at radius 2 is 1.69 bits per heavy atom. The summed E-state index contributed by atoms with van der Waals surface area (Å²) < 4.78 is 0. The number of carbonyl (C=O) groups is 2. The summed E-state index contributed by atoms with van der Waals surface area (Å²) in [5.41, 5.74) is -0.792. The zero-order valence-corrected chi connectivity index (χ0v) is 9.64. The van der Waals surface area contributed by atoms with Gasteiger partial charge in [-0.2, -0.15) is 10.2 Å². The van der Waals surface area contributed by atoms with Gasteiger partial charge in [0.15, 0.2) is 0 Å². The summed E-state index contributed by atoms with van der Waals surface area (Å²) in [4.78, 5) is 20.9. The normalized spacial score (nSPS) is 11.9. The van der Waals surface area contributed by atoms with Crippen LogP contribution in [0.4, 0.5) is 0 Å². The van der Waals surface area contributed by atoms with Gasteiger partial charge in [-0.1, -0.05) is 0 Å². The van der Waals surface area contributed by atoms with E-state index in [9.17, 15) is 9.59 Å². The lowest BCUT2D eigenvalue weighted by molar-refractivity contribution is -0.147. The van der Waals surface area contributed by atoms with Gasteiger partial charge < -0.3 is 10.2 Å². The van der Waals surface area contributed by atoms with Crippen molar-refractivity contribution in [1.29, 1.82) is 0 Å². The number of hydrogen-bond acceptors (Lipinski definition) is 4. The van der Waals surface area contributed by atoms with Crippen molar-refractivity contribution >= 4 is 11.9 Å². The molecule has 0 bridgehead atoms. The fraction of sp³-hybridized carbons (Fsp3) is 0.800. The molecule has 0 aromatic rings. The van der Waals surface area contributed by atoms with E-state index in [4.69, 9.17) is 10.2 Å². The van der Waals surface area contributed by atoms with Crippen molar-refractivity contribution in [1.82, 2.24) is 0 Å². The fourth-order valence-corrected chi connectivity index (χ4v) is 0.879. The summed E-state index contributed by atoms with van der Waals surface area (Å²) >= 11 is 0. The Balaban J connectivity index is 3.62. The van der Waals surface area contributed by atoms with Crippen LogP contribution in [0.15, 0.2) is 10.2 Å². The number of carboxylic acids is 2. The number of carboxylic acid groups (broad SMARTS) is 2. The molecule has 6 heteroatoms. The average Bonchev–Trinajstić information content (AvgIpc) is 2.15. The third-order valence-electron chi connectivity index (χ3n) is 2.16. The Labute approximate surface area is 94.4 Å². The summed E-state index contributed by atoms with van der Waals surface area (Å²) in [6.45, 7) is 4.00. The maximum atomic E-state index is 10.7. The first-order valence-corrected chi connectivity index (χ1v) is 5.15. The molecular weight excluding hydrogens is 212 g/mol. The third kappa shape index (κ3) is 6.92. The number of nitrogens with zero attached hydrogens (tertiary/aromatic N) is 2. The molecule has 0 aromatic carbocycles. The molecule has 0 aliphatic heterocycles. The Bertz CT molecular complexity index is 274. The monoisotopic (exact) mass is 230 g/mol. The standard InChI is InChI=1S/C10H18N2O4/c1-10(2,9(15)16)5-7-12-11-6-3-4-8(13)14/h3-7H2,1-2H3,(H,13,14)(H,15,16). The van der Waals surface area contributed by atoms with Gasteiger partial charge in [-0.05, 0) is 26.7 Å². The van der Waals surface area contributed by atoms with E-state index in [0.29, 0.717) is 25.9 Å². The third-order valence-corrected chi connectivity index (χ3v) is 2.16. The Morgan fingerprint density at radius 1 is 1.12 bits per heavy atom. The van der Waals surface area contributed by atoms with Gasteiger partial charge in [0, 0.05) is 6.42 Å². The van der Waals surface area contributed by atoms with E-state index < -0.39 is 17.4 Å². The molecule has 0 rings (SSSR count). The van der Waals surface area contributed by atoms with Gasteiger partial charge in [0.25, 0.3) is 0 Å². The molecule has 0 atom stereocenters. The first kappa shape index (κ1) is 14.5. The van der Waals surface area contributed by atoms with E-state index in [1.54, 1.807) is 13.8 Å². The largest absolute Gasteiger partial charge is 0.481 e. The number of aliphatic carboxylic acids is 2. The predicted octanol–water partition coefficient (Wildman–Crippen LogP) is 1.80. The molecule has 0 amide bonds. The lowest BCUT2D eigenvalue weighted by Crippen LogP contribution is -2.24. The molecule has 92 valence electrons. The van der Waals surface area contributed by atoms with Gasteiger partial charge in [0.1, 0.15) is 0 Å². The Morgan fingerprint density at radius 3 is 2.19 bits per heavy atom. The molecule has 0 saturated carbocycles. The second kappa shape index (κ2) is 6.92. The first-order chi connectivity index (χ1) is 7.36. The van der Waals surface area contributed by atoms with Gasteiger partial charge in [-0.15, -0.1) is 0 Å². The molecule has 0 spiro atoms. The van der Waals surface area contributed by atoms with Gasteiger partial charge in [-0.3, -0.25) is 9.59 Å². The molecule has 16 heavy (non-hydrogen) atoms. The van der Waals surface area contributed by atoms with Crippen molar-refractivity contribution in [3.63, 3.8) is 0 Å². The molecule has 0 saturated heterocycles. The lowest BCUT2D eigenvalue weighted by atomic mass is 9.90. The summed E-state index contributed by atoms with van der Waals surface area (Å²) in [6.07, 6.45) is 0.964. The second-order valence-corrected chi connectivity index (χ2v) is 4.17. The van der Waals surface area contributed by atoms with Crippen molar-refractivity contribution in [2.75, 3.05) is 13.1 Å². The molecule has 0 aromatic heterocycles. The molecule has 0 fully saturated rings. The van der Waals surface area contributed by atoms with Crippen LogP contribution in [0.2, 0.25) is 0 Å². The van der Waals surface area contributed by atoms with Crippen LogP contribution in [0.25, 0.3) is 0 Å². The zero-order valence-electron chi connectivity index (χ0n) is 9.64. The van der Waals surface area contributed by atoms with Crippen LogP contribution >= 0.6 is 0 Å². The van der Waals surface area contributed by atoms with Gasteiger partial charge in [-0.25, -0.2) is 0 Å². The Kier molecular flexibility index (Phi) is 6.29. The summed E-state index contributed by atoms with van der Waals surface area (Å²) in [7, 11) is 0. The smallest absolute Gasteiger partial charge is 0.309 e. The summed E-state index contributed by atoms with van der Waals surface area (Å²) in [5.74, 6) is -1.70. The lowest BCUT2D eigenvalue weighted by Gasteiger charge is -2.16. The van der Waals surface area contributed by atoms with Gasteiger partial charge >= 0.3 is 11.9 Å². The highest BCUT2D eigenvalue weighted by Crippen LogP contribution is 2.20. The molecule has 0 aliphatic carbocycles. The zero-order chi connectivity index (χ0) is 12.6. The van der Waals surface area contributed by atoms with E-state index in [1.165, 1.54) is 0 Å². The Hall–Kier alpha value is -1.46. The van der Waals surface area contributed by atoms with Crippen LogP contribution in [0, 0.1) is 5.41 Å². The quantitative estimate of drug-likeness (QED) is 0.490. The second-order valence-electron chi connectivity index (χ2n) is 4.17. The molecule has 0 heterocycles. The fourth-order valence-electron chi connectivity index (χ4n) is 0.879. The first-order valence-electron chi connectivity index (χ1n) is 5.15. The highest BCUT2D eigenvalue weighted by molar-refractivity contribution is 5.73. The van der Waals surface area contributed by atoms with E-state index in [2.05, 4.69) is 10.2 Å². The molecule has 0 unspecified atom stereocenters. The van der Waals surface area contributed by atoms with Crippen molar-refractivity contribution in [2.45, 2.75) is 33.1 Å². The van der Waals surface area contributed by atoms with Crippen LogP contribution in [-0.4, -0.2) is 35.2 Å². The molecule has 2 N–H and O–H groups in total. The molecule has 0 aliphatic rings. The minimum absolute atomic E-state index is 0.0830. The number of hydrogen-bond donors (Lipinski definition) is 2. The average molecular weight is 230 g/mol. The van der Waals surface area contributed by atoms with Crippen LogP contribution in [-0.2, 0) is 9.59 Å². The van der Waals surface area contributed by atoms with Crippen LogP contribution in [0.5, 0.6) is 0 Å². The summed E-state index contributed by atoms with van der Waals surface area (Å²) in [6, 6.07) is 0. The van der Waals surface area contributed by atoms with Gasteiger partial charge in [0.05, 0.1) is 18.5 Å². The van der Waals surface area contributed by atoms with Crippen molar-refractivity contribution in [3.05, 3.63) is 0 Å². The van der Waals surface area contributed by atoms with Crippen LogP contribution < -0.4 is 0 Å². The summed E-state index contributed by atoms with van der Waals surface area (Å²) in [5, 5.41) is 24.7. The highest BCUT2D eigenvalue weighted by atomic mass is 16.4. The van der Waals surface area contributed by atoms with E-state index in [1.807, 2.05) is 0 Å². The number of rotatable bonds is 8. The van der Waals surface area contributed by atoms with E-state index in [-0.39, 0.29) is 6.42 Å². The van der Waals surface area contributed by atoms with E-state index >= 15 is 0 Å².